The molecule has 0 saturated heterocycles. The Morgan fingerprint density at radius 1 is 0.345 bits per heavy atom. The van der Waals surface area contributed by atoms with E-state index in [-0.39, 0.29) is 0 Å². The SMILES string of the molecule is O=P(c1ccc(-c2ccc(-c3cccc(-c4nc(-c5ccccc5)nc(-c5ccccn5)n4)c3)cc2)cc1)(c1cccc2ccccc12)c1cccc2ccccc12. The molecule has 0 amide bonds. The van der Waals surface area contributed by atoms with E-state index in [9.17, 15) is 0 Å². The summed E-state index contributed by atoms with van der Waals surface area (Å²) in [5.74, 6) is 1.70. The van der Waals surface area contributed by atoms with Crippen LogP contribution in [0, 0.1) is 0 Å². The topological polar surface area (TPSA) is 68.6 Å². The van der Waals surface area contributed by atoms with Gasteiger partial charge >= 0.3 is 0 Å². The van der Waals surface area contributed by atoms with Crippen molar-refractivity contribution in [1.82, 2.24) is 19.9 Å². The number of aromatic nitrogens is 4. The molecule has 10 rings (SSSR count). The van der Waals surface area contributed by atoms with Gasteiger partial charge in [-0.2, -0.15) is 0 Å². The van der Waals surface area contributed by atoms with E-state index in [1.54, 1.807) is 6.20 Å². The van der Waals surface area contributed by atoms with Gasteiger partial charge in [-0.3, -0.25) is 4.98 Å². The molecule has 0 aliphatic carbocycles. The summed E-state index contributed by atoms with van der Waals surface area (Å²) in [6.07, 6.45) is 1.75. The average molecular weight is 763 g/mol. The van der Waals surface area contributed by atoms with Crippen LogP contribution < -0.4 is 15.9 Å². The molecule has 0 fully saturated rings. The number of fused-ring (bicyclic) bond motifs is 2. The highest BCUT2D eigenvalue weighted by Gasteiger charge is 2.33. The van der Waals surface area contributed by atoms with Crippen LogP contribution in [0.3, 0.4) is 0 Å². The van der Waals surface area contributed by atoms with Crippen molar-refractivity contribution in [1.29, 1.82) is 0 Å². The van der Waals surface area contributed by atoms with Gasteiger partial charge in [0.2, 0.25) is 0 Å². The molecule has 0 unspecified atom stereocenters. The van der Waals surface area contributed by atoms with Crippen molar-refractivity contribution in [3.63, 3.8) is 0 Å². The Balaban J connectivity index is 0.994. The number of hydrogen-bond acceptors (Lipinski definition) is 5. The van der Waals surface area contributed by atoms with Crippen LogP contribution in [-0.2, 0) is 4.57 Å². The molecule has 10 aromatic rings. The molecule has 0 saturated carbocycles. The van der Waals surface area contributed by atoms with E-state index >= 15 is 4.57 Å². The molecule has 0 aliphatic rings. The zero-order chi connectivity index (χ0) is 38.9. The van der Waals surface area contributed by atoms with Gasteiger partial charge in [0.1, 0.15) is 5.69 Å². The lowest BCUT2D eigenvalue weighted by Gasteiger charge is -2.23. The largest absolute Gasteiger partial charge is 0.309 e. The van der Waals surface area contributed by atoms with E-state index in [1.807, 2.05) is 109 Å². The first-order valence-electron chi connectivity index (χ1n) is 19.2. The first-order valence-corrected chi connectivity index (χ1v) is 20.9. The Kier molecular flexibility index (Phi) is 9.06. The Bertz CT molecular complexity index is 2980. The molecule has 6 heteroatoms. The molecule has 5 nitrogen and oxygen atoms in total. The van der Waals surface area contributed by atoms with Gasteiger partial charge in [0, 0.05) is 33.2 Å². The molecule has 0 atom stereocenters. The lowest BCUT2D eigenvalue weighted by atomic mass is 9.99. The molecule has 0 aliphatic heterocycles. The second kappa shape index (κ2) is 15.0. The molecule has 0 N–H and O–H groups in total. The van der Waals surface area contributed by atoms with E-state index in [2.05, 4.69) is 102 Å². The lowest BCUT2D eigenvalue weighted by Crippen LogP contribution is -2.26. The Morgan fingerprint density at radius 3 is 1.43 bits per heavy atom. The van der Waals surface area contributed by atoms with Gasteiger partial charge in [-0.25, -0.2) is 15.0 Å². The summed E-state index contributed by atoms with van der Waals surface area (Å²) in [4.78, 5) is 19.1. The van der Waals surface area contributed by atoms with Crippen molar-refractivity contribution in [2.24, 2.45) is 0 Å². The van der Waals surface area contributed by atoms with E-state index in [0.29, 0.717) is 23.2 Å². The highest BCUT2D eigenvalue weighted by molar-refractivity contribution is 7.86. The van der Waals surface area contributed by atoms with Crippen molar-refractivity contribution < 1.29 is 4.57 Å². The van der Waals surface area contributed by atoms with Crippen molar-refractivity contribution in [3.8, 4) is 56.5 Å². The molecule has 2 aromatic heterocycles. The lowest BCUT2D eigenvalue weighted by molar-refractivity contribution is 0.593. The predicted molar refractivity (Wildman–Crippen MR) is 239 cm³/mol. The second-order valence-corrected chi connectivity index (χ2v) is 16.9. The summed E-state index contributed by atoms with van der Waals surface area (Å²) in [6, 6.07) is 69.5. The van der Waals surface area contributed by atoms with Crippen molar-refractivity contribution in [2.45, 2.75) is 0 Å². The fraction of sp³-hybridized carbons (Fsp3) is 0. The molecule has 8 aromatic carbocycles. The molecule has 0 bridgehead atoms. The molecule has 0 spiro atoms. The van der Waals surface area contributed by atoms with Crippen LogP contribution in [0.1, 0.15) is 0 Å². The number of pyridine rings is 1. The molecular formula is C52H35N4OP. The highest BCUT2D eigenvalue weighted by atomic mass is 31.2. The minimum Gasteiger partial charge on any atom is -0.309 e. The van der Waals surface area contributed by atoms with Gasteiger partial charge in [-0.15, -0.1) is 0 Å². The number of rotatable bonds is 8. The smallest absolute Gasteiger partial charge is 0.182 e. The zero-order valence-electron chi connectivity index (χ0n) is 31.4. The highest BCUT2D eigenvalue weighted by Crippen LogP contribution is 2.46. The third kappa shape index (κ3) is 6.48. The average Bonchev–Trinajstić information content (AvgIpc) is 3.31. The first-order chi connectivity index (χ1) is 28.6. The number of benzene rings is 8. The monoisotopic (exact) mass is 762 g/mol. The van der Waals surface area contributed by atoms with Gasteiger partial charge < -0.3 is 4.57 Å². The van der Waals surface area contributed by atoms with Crippen LogP contribution in [0.15, 0.2) is 212 Å². The van der Waals surface area contributed by atoms with Gasteiger partial charge in [0.25, 0.3) is 0 Å². The maximum absolute atomic E-state index is 16.0. The minimum absolute atomic E-state index is 0.524. The van der Waals surface area contributed by atoms with Gasteiger partial charge in [-0.05, 0) is 62.0 Å². The molecular weight excluding hydrogens is 728 g/mol. The van der Waals surface area contributed by atoms with E-state index < -0.39 is 7.14 Å². The zero-order valence-corrected chi connectivity index (χ0v) is 32.2. The summed E-state index contributed by atoms with van der Waals surface area (Å²) in [6.45, 7) is 0. The second-order valence-electron chi connectivity index (χ2n) is 14.2. The Hall–Kier alpha value is -7.33. The van der Waals surface area contributed by atoms with Crippen LogP contribution in [0.2, 0.25) is 0 Å². The molecule has 274 valence electrons. The molecule has 58 heavy (non-hydrogen) atoms. The standard InChI is InChI=1S/C52H35N4OP/c57-58(48-24-11-17-39-13-4-6-21-45(39)48,49-25-12-18-40-14-5-7-22-46(40)49)44-32-30-37(31-33-44)36-26-28-38(29-27-36)42-19-10-20-43(35-42)51-54-50(41-15-2-1-3-16-41)55-52(56-51)47-23-8-9-34-53-47/h1-35H. The summed E-state index contributed by atoms with van der Waals surface area (Å²) >= 11 is 0. The Morgan fingerprint density at radius 2 is 0.810 bits per heavy atom. The predicted octanol–water partition coefficient (Wildman–Crippen LogP) is 11.5. The van der Waals surface area contributed by atoms with Gasteiger partial charge in [0.15, 0.2) is 24.6 Å². The summed E-state index contributed by atoms with van der Waals surface area (Å²) in [5.41, 5.74) is 6.72. The van der Waals surface area contributed by atoms with Crippen molar-refractivity contribution in [2.75, 3.05) is 0 Å². The van der Waals surface area contributed by atoms with Crippen LogP contribution in [0.4, 0.5) is 0 Å². The van der Waals surface area contributed by atoms with E-state index in [1.165, 1.54) is 0 Å². The first kappa shape index (κ1) is 35.1. The van der Waals surface area contributed by atoms with E-state index in [4.69, 9.17) is 15.0 Å². The van der Waals surface area contributed by atoms with E-state index in [0.717, 1.165) is 70.8 Å². The Labute approximate surface area is 336 Å². The van der Waals surface area contributed by atoms with Crippen molar-refractivity contribution >= 4 is 44.6 Å². The summed E-state index contributed by atoms with van der Waals surface area (Å²) in [5, 5.41) is 6.66. The van der Waals surface area contributed by atoms with Crippen LogP contribution in [0.5, 0.6) is 0 Å². The van der Waals surface area contributed by atoms with Crippen molar-refractivity contribution in [3.05, 3.63) is 212 Å². The molecule has 2 heterocycles. The normalized spacial score (nSPS) is 11.5. The number of hydrogen-bond donors (Lipinski definition) is 0. The van der Waals surface area contributed by atoms with Gasteiger partial charge in [-0.1, -0.05) is 188 Å². The maximum Gasteiger partial charge on any atom is 0.182 e. The molecule has 0 radical (unpaired) electrons. The summed E-state index contributed by atoms with van der Waals surface area (Å²) in [7, 11) is -3.32. The van der Waals surface area contributed by atoms with Crippen LogP contribution >= 0.6 is 7.14 Å². The summed E-state index contributed by atoms with van der Waals surface area (Å²) < 4.78 is 16.0. The fourth-order valence-electron chi connectivity index (χ4n) is 7.76. The minimum atomic E-state index is -3.32. The number of nitrogens with zero attached hydrogens (tertiary/aromatic N) is 4. The van der Waals surface area contributed by atoms with Crippen LogP contribution in [0.25, 0.3) is 78.1 Å². The van der Waals surface area contributed by atoms with Crippen LogP contribution in [-0.4, -0.2) is 19.9 Å². The fourth-order valence-corrected chi connectivity index (χ4v) is 10.8. The quantitative estimate of drug-likeness (QED) is 0.144. The maximum atomic E-state index is 16.0. The third-order valence-corrected chi connectivity index (χ3v) is 13.8. The third-order valence-electron chi connectivity index (χ3n) is 10.7. The van der Waals surface area contributed by atoms with Gasteiger partial charge in [0.05, 0.1) is 0 Å².